The highest BCUT2D eigenvalue weighted by Crippen LogP contribution is 2.42. The summed E-state index contributed by atoms with van der Waals surface area (Å²) in [5.74, 6) is 3.78. The summed E-state index contributed by atoms with van der Waals surface area (Å²) < 4.78 is 5.91. The maximum atomic E-state index is 12.5. The number of esters is 1. The van der Waals surface area contributed by atoms with Crippen molar-refractivity contribution in [1.29, 1.82) is 0 Å². The number of rotatable bonds is 5. The highest BCUT2D eigenvalue weighted by Gasteiger charge is 2.33. The molecule has 2 heteroatoms. The molecule has 0 aromatic heterocycles. The molecule has 0 amide bonds. The molecule has 0 spiro atoms. The van der Waals surface area contributed by atoms with Gasteiger partial charge in [-0.15, -0.1) is 6.58 Å². The van der Waals surface area contributed by atoms with Gasteiger partial charge in [-0.1, -0.05) is 12.5 Å². The van der Waals surface area contributed by atoms with Crippen molar-refractivity contribution < 1.29 is 9.53 Å². The van der Waals surface area contributed by atoms with Gasteiger partial charge < -0.3 is 4.74 Å². The van der Waals surface area contributed by atoms with Gasteiger partial charge in [-0.2, -0.15) is 0 Å². The Balaban J connectivity index is 1.35. The maximum absolute atomic E-state index is 12.5. The lowest BCUT2D eigenvalue weighted by molar-refractivity contribution is -0.157. The minimum Gasteiger partial charge on any atom is -0.462 e. The fraction of sp³-hybridized carbons (Fsp3) is 0.875. The number of carbonyl (C=O) groups is 1. The summed E-state index contributed by atoms with van der Waals surface area (Å²) in [7, 11) is 0. The Hall–Kier alpha value is -0.790. The molecule has 0 aromatic carbocycles. The van der Waals surface area contributed by atoms with Gasteiger partial charge in [0.2, 0.25) is 0 Å². The predicted molar refractivity (Wildman–Crippen MR) is 108 cm³/mol. The lowest BCUT2D eigenvalue weighted by Crippen LogP contribution is -2.32. The zero-order valence-electron chi connectivity index (χ0n) is 17.2. The number of ether oxygens (including phenoxy) is 1. The second-order valence-electron chi connectivity index (χ2n) is 9.87. The monoisotopic (exact) mass is 360 g/mol. The summed E-state index contributed by atoms with van der Waals surface area (Å²) in [5.41, 5.74) is 1.35. The van der Waals surface area contributed by atoms with Crippen molar-refractivity contribution in [2.75, 3.05) is 0 Å². The Bertz CT molecular complexity index is 459. The van der Waals surface area contributed by atoms with E-state index in [1.54, 1.807) is 0 Å². The van der Waals surface area contributed by atoms with E-state index < -0.39 is 0 Å². The van der Waals surface area contributed by atoms with Gasteiger partial charge in [0.25, 0.3) is 0 Å². The molecule has 2 nitrogen and oxygen atoms in total. The summed E-state index contributed by atoms with van der Waals surface area (Å²) in [6.45, 7) is 8.56. The minimum atomic E-state index is 0.112. The van der Waals surface area contributed by atoms with Gasteiger partial charge in [0.1, 0.15) is 6.10 Å². The molecule has 0 atom stereocenters. The third kappa shape index (κ3) is 5.60. The van der Waals surface area contributed by atoms with Crippen LogP contribution in [0.3, 0.4) is 0 Å². The quantitative estimate of drug-likeness (QED) is 0.403. The average molecular weight is 361 g/mol. The van der Waals surface area contributed by atoms with Crippen molar-refractivity contribution in [3.8, 4) is 0 Å². The zero-order valence-corrected chi connectivity index (χ0v) is 17.2. The van der Waals surface area contributed by atoms with Crippen molar-refractivity contribution in [3.63, 3.8) is 0 Å². The van der Waals surface area contributed by atoms with Crippen molar-refractivity contribution in [1.82, 2.24) is 0 Å². The van der Waals surface area contributed by atoms with Crippen LogP contribution in [0.4, 0.5) is 0 Å². The van der Waals surface area contributed by atoms with E-state index in [2.05, 4.69) is 20.4 Å². The van der Waals surface area contributed by atoms with Crippen LogP contribution in [0.25, 0.3) is 0 Å². The molecule has 0 unspecified atom stereocenters. The molecule has 0 aliphatic heterocycles. The number of hydrogen-bond donors (Lipinski definition) is 0. The van der Waals surface area contributed by atoms with Crippen LogP contribution in [0, 0.1) is 29.6 Å². The van der Waals surface area contributed by atoms with E-state index in [9.17, 15) is 4.79 Å². The van der Waals surface area contributed by atoms with E-state index in [0.717, 1.165) is 49.4 Å². The van der Waals surface area contributed by atoms with Crippen LogP contribution in [-0.4, -0.2) is 12.1 Å². The summed E-state index contributed by atoms with van der Waals surface area (Å²) in [6.07, 6.45) is 16.3. The van der Waals surface area contributed by atoms with Crippen LogP contribution in [0.2, 0.25) is 0 Å². The molecular formula is C24H40O2. The standard InChI is InChI=1S/C24H40O2/c1-17(2)16-19-6-10-20(11-7-19)21-12-14-23(15-13-21)26-24(25)22-8-4-18(3)5-9-22/h18-23H,1,4-16H2,2-3H3. The maximum Gasteiger partial charge on any atom is 0.309 e. The van der Waals surface area contributed by atoms with Crippen LogP contribution < -0.4 is 0 Å². The van der Waals surface area contributed by atoms with E-state index in [-0.39, 0.29) is 18.0 Å². The summed E-state index contributed by atoms with van der Waals surface area (Å²) >= 11 is 0. The first-order valence-corrected chi connectivity index (χ1v) is 11.4. The molecular weight excluding hydrogens is 320 g/mol. The van der Waals surface area contributed by atoms with Gasteiger partial charge in [0, 0.05) is 0 Å². The van der Waals surface area contributed by atoms with E-state index in [1.165, 1.54) is 63.4 Å². The first kappa shape index (κ1) is 20.0. The average Bonchev–Trinajstić information content (AvgIpc) is 2.63. The molecule has 0 N–H and O–H groups in total. The van der Waals surface area contributed by atoms with Gasteiger partial charge in [-0.25, -0.2) is 0 Å². The number of allylic oxidation sites excluding steroid dienone is 1. The molecule has 3 aliphatic rings. The van der Waals surface area contributed by atoms with E-state index in [4.69, 9.17) is 4.74 Å². The molecule has 3 saturated carbocycles. The Morgan fingerprint density at radius 2 is 1.38 bits per heavy atom. The Morgan fingerprint density at radius 1 is 0.846 bits per heavy atom. The normalized spacial score (nSPS) is 38.5. The Kier molecular flexibility index (Phi) is 7.23. The van der Waals surface area contributed by atoms with Gasteiger partial charge in [0.05, 0.1) is 5.92 Å². The van der Waals surface area contributed by atoms with Crippen molar-refractivity contribution in [3.05, 3.63) is 12.2 Å². The number of hydrogen-bond acceptors (Lipinski definition) is 2. The second kappa shape index (κ2) is 9.42. The number of carbonyl (C=O) groups excluding carboxylic acids is 1. The topological polar surface area (TPSA) is 26.3 Å². The third-order valence-electron chi connectivity index (χ3n) is 7.55. The van der Waals surface area contributed by atoms with E-state index in [1.807, 2.05) is 0 Å². The first-order valence-electron chi connectivity index (χ1n) is 11.4. The third-order valence-corrected chi connectivity index (χ3v) is 7.55. The van der Waals surface area contributed by atoms with Gasteiger partial charge in [-0.05, 0) is 114 Å². The molecule has 0 radical (unpaired) electrons. The summed E-state index contributed by atoms with van der Waals surface area (Å²) in [5, 5.41) is 0. The molecule has 26 heavy (non-hydrogen) atoms. The van der Waals surface area contributed by atoms with Gasteiger partial charge >= 0.3 is 5.97 Å². The molecule has 148 valence electrons. The lowest BCUT2D eigenvalue weighted by atomic mass is 9.70. The molecule has 0 heterocycles. The Morgan fingerprint density at radius 3 is 1.92 bits per heavy atom. The molecule has 0 bridgehead atoms. The fourth-order valence-electron chi connectivity index (χ4n) is 5.79. The first-order chi connectivity index (χ1) is 12.5. The molecule has 3 rings (SSSR count). The van der Waals surface area contributed by atoms with Crippen LogP contribution >= 0.6 is 0 Å². The van der Waals surface area contributed by atoms with Crippen molar-refractivity contribution in [2.45, 2.75) is 103 Å². The predicted octanol–water partition coefficient (Wildman–Crippen LogP) is 6.69. The van der Waals surface area contributed by atoms with Crippen molar-refractivity contribution in [2.24, 2.45) is 29.6 Å². The minimum absolute atomic E-state index is 0.112. The van der Waals surface area contributed by atoms with Crippen LogP contribution in [0.5, 0.6) is 0 Å². The Labute approximate surface area is 161 Å². The fourth-order valence-corrected chi connectivity index (χ4v) is 5.79. The highest BCUT2D eigenvalue weighted by atomic mass is 16.5. The molecule has 0 aromatic rings. The zero-order chi connectivity index (χ0) is 18.5. The van der Waals surface area contributed by atoms with Gasteiger partial charge in [0.15, 0.2) is 0 Å². The smallest absolute Gasteiger partial charge is 0.309 e. The van der Waals surface area contributed by atoms with Gasteiger partial charge in [-0.3, -0.25) is 4.79 Å². The SMILES string of the molecule is C=C(C)CC1CCC(C2CCC(OC(=O)C3CCC(C)CC3)CC2)CC1. The van der Waals surface area contributed by atoms with Crippen molar-refractivity contribution >= 4 is 5.97 Å². The molecule has 3 fully saturated rings. The van der Waals surface area contributed by atoms with E-state index >= 15 is 0 Å². The summed E-state index contributed by atoms with van der Waals surface area (Å²) in [6, 6.07) is 0. The lowest BCUT2D eigenvalue weighted by Gasteiger charge is -2.38. The van der Waals surface area contributed by atoms with Crippen LogP contribution in [-0.2, 0) is 9.53 Å². The molecule has 0 saturated heterocycles. The highest BCUT2D eigenvalue weighted by molar-refractivity contribution is 5.72. The summed E-state index contributed by atoms with van der Waals surface area (Å²) in [4.78, 5) is 12.5. The van der Waals surface area contributed by atoms with Crippen LogP contribution in [0.15, 0.2) is 12.2 Å². The van der Waals surface area contributed by atoms with Crippen LogP contribution in [0.1, 0.15) is 97.3 Å². The van der Waals surface area contributed by atoms with E-state index in [0.29, 0.717) is 0 Å². The largest absolute Gasteiger partial charge is 0.462 e. The second-order valence-corrected chi connectivity index (χ2v) is 9.87. The molecule has 3 aliphatic carbocycles.